The zero-order valence-electron chi connectivity index (χ0n) is 13.9. The van der Waals surface area contributed by atoms with Crippen molar-refractivity contribution in [1.82, 2.24) is 9.62 Å². The summed E-state index contributed by atoms with van der Waals surface area (Å²) in [7, 11) is 0.136. The zero-order valence-corrected chi connectivity index (χ0v) is 15.5. The summed E-state index contributed by atoms with van der Waals surface area (Å²) in [6.07, 6.45) is 0. The van der Waals surface area contributed by atoms with Gasteiger partial charge in [0.1, 0.15) is 0 Å². The first kappa shape index (κ1) is 18.0. The lowest BCUT2D eigenvalue weighted by Crippen LogP contribution is -2.34. The number of nitrogens with zero attached hydrogens (tertiary/aromatic N) is 1. The van der Waals surface area contributed by atoms with E-state index in [4.69, 9.17) is 21.1 Å². The van der Waals surface area contributed by atoms with Gasteiger partial charge in [0.2, 0.25) is 16.8 Å². The molecule has 0 radical (unpaired) electrons. The maximum Gasteiger partial charge on any atom is 0.240 e. The highest BCUT2D eigenvalue weighted by Gasteiger charge is 2.22. The highest BCUT2D eigenvalue weighted by molar-refractivity contribution is 7.89. The van der Waals surface area contributed by atoms with Gasteiger partial charge in [0.25, 0.3) is 0 Å². The smallest absolute Gasteiger partial charge is 0.240 e. The summed E-state index contributed by atoms with van der Waals surface area (Å²) >= 11 is 5.89. The van der Waals surface area contributed by atoms with Crippen LogP contribution in [0.3, 0.4) is 0 Å². The molecule has 0 aliphatic carbocycles. The summed E-state index contributed by atoms with van der Waals surface area (Å²) in [5, 5.41) is 0.378. The van der Waals surface area contributed by atoms with Crippen molar-refractivity contribution in [2.24, 2.45) is 0 Å². The minimum atomic E-state index is -3.65. The molecular weight excluding hydrogens is 364 g/mol. The lowest BCUT2D eigenvalue weighted by atomic mass is 10.1. The molecule has 0 amide bonds. The van der Waals surface area contributed by atoms with Crippen LogP contribution < -0.4 is 14.2 Å². The number of benzene rings is 2. The molecule has 3 rings (SSSR count). The summed E-state index contributed by atoms with van der Waals surface area (Å²) < 4.78 is 38.4. The number of hydrogen-bond acceptors (Lipinski definition) is 5. The largest absolute Gasteiger partial charge is 0.454 e. The average molecular weight is 383 g/mol. The molecule has 2 aromatic carbocycles. The Balaban J connectivity index is 1.79. The maximum atomic E-state index is 12.5. The molecule has 1 heterocycles. The normalized spacial score (nSPS) is 14.7. The minimum Gasteiger partial charge on any atom is -0.454 e. The quantitative estimate of drug-likeness (QED) is 0.831. The fourth-order valence-corrected chi connectivity index (χ4v) is 3.96. The standard InChI is InChI=1S/C17H19ClN2O4S/c1-20(2)15(12-6-7-16-17(8-12)24-11-23-16)10-19-25(21,22)14-5-3-4-13(18)9-14/h3-9,15,19H,10-11H2,1-2H3. The Morgan fingerprint density at radius 2 is 1.92 bits per heavy atom. The summed E-state index contributed by atoms with van der Waals surface area (Å²) in [6, 6.07) is 11.6. The number of sulfonamides is 1. The fraction of sp³-hybridized carbons (Fsp3) is 0.294. The molecular formula is C17H19ClN2O4S. The van der Waals surface area contributed by atoms with E-state index in [1.807, 2.05) is 37.2 Å². The van der Waals surface area contributed by atoms with E-state index >= 15 is 0 Å². The zero-order chi connectivity index (χ0) is 18.0. The molecule has 6 nitrogen and oxygen atoms in total. The number of hydrogen-bond donors (Lipinski definition) is 1. The number of ether oxygens (including phenoxy) is 2. The third-order valence-electron chi connectivity index (χ3n) is 3.98. The van der Waals surface area contributed by atoms with E-state index < -0.39 is 10.0 Å². The number of fused-ring (bicyclic) bond motifs is 1. The molecule has 0 aromatic heterocycles. The SMILES string of the molecule is CN(C)C(CNS(=O)(=O)c1cccc(Cl)c1)c1ccc2c(c1)OCO2. The third-order valence-corrected chi connectivity index (χ3v) is 5.63. The summed E-state index contributed by atoms with van der Waals surface area (Å²) in [5.74, 6) is 1.36. The van der Waals surface area contributed by atoms with Crippen molar-refractivity contribution in [3.05, 3.63) is 53.1 Å². The van der Waals surface area contributed by atoms with Crippen molar-refractivity contribution < 1.29 is 17.9 Å². The highest BCUT2D eigenvalue weighted by atomic mass is 35.5. The van der Waals surface area contributed by atoms with E-state index in [9.17, 15) is 8.42 Å². The molecule has 8 heteroatoms. The van der Waals surface area contributed by atoms with Gasteiger partial charge in [0.15, 0.2) is 11.5 Å². The fourth-order valence-electron chi connectivity index (χ4n) is 2.63. The van der Waals surface area contributed by atoms with E-state index in [0.29, 0.717) is 16.5 Å². The first-order chi connectivity index (χ1) is 11.9. The number of halogens is 1. The van der Waals surface area contributed by atoms with Crippen LogP contribution in [0.5, 0.6) is 11.5 Å². The molecule has 0 saturated carbocycles. The van der Waals surface area contributed by atoms with E-state index in [0.717, 1.165) is 5.56 Å². The molecule has 1 unspecified atom stereocenters. The van der Waals surface area contributed by atoms with Crippen LogP contribution in [0, 0.1) is 0 Å². The van der Waals surface area contributed by atoms with Crippen molar-refractivity contribution in [2.45, 2.75) is 10.9 Å². The Labute approximate surface area is 152 Å². The van der Waals surface area contributed by atoms with Crippen molar-refractivity contribution in [3.8, 4) is 11.5 Å². The molecule has 25 heavy (non-hydrogen) atoms. The van der Waals surface area contributed by atoms with E-state index in [1.165, 1.54) is 12.1 Å². The van der Waals surface area contributed by atoms with E-state index in [2.05, 4.69) is 4.72 Å². The molecule has 134 valence electrons. The van der Waals surface area contributed by atoms with Gasteiger partial charge in [0.05, 0.1) is 4.90 Å². The molecule has 2 aromatic rings. The van der Waals surface area contributed by atoms with Crippen molar-refractivity contribution >= 4 is 21.6 Å². The van der Waals surface area contributed by atoms with Crippen LogP contribution in [-0.2, 0) is 10.0 Å². The second kappa shape index (κ2) is 7.21. The lowest BCUT2D eigenvalue weighted by Gasteiger charge is -2.25. The van der Waals surface area contributed by atoms with Crippen LogP contribution in [0.1, 0.15) is 11.6 Å². The predicted octanol–water partition coefficient (Wildman–Crippen LogP) is 2.65. The highest BCUT2D eigenvalue weighted by Crippen LogP contribution is 2.35. The molecule has 1 aliphatic heterocycles. The van der Waals surface area contributed by atoms with Crippen LogP contribution in [0.25, 0.3) is 0 Å². The second-order valence-electron chi connectivity index (χ2n) is 5.90. The lowest BCUT2D eigenvalue weighted by molar-refractivity contribution is 0.174. The van der Waals surface area contributed by atoms with Crippen molar-refractivity contribution in [3.63, 3.8) is 0 Å². The predicted molar refractivity (Wildman–Crippen MR) is 95.6 cm³/mol. The average Bonchev–Trinajstić information content (AvgIpc) is 3.02. The van der Waals surface area contributed by atoms with E-state index in [-0.39, 0.29) is 24.3 Å². The molecule has 0 bridgehead atoms. The van der Waals surface area contributed by atoms with Crippen LogP contribution in [0.4, 0.5) is 0 Å². The van der Waals surface area contributed by atoms with Gasteiger partial charge in [-0.05, 0) is 50.0 Å². The maximum absolute atomic E-state index is 12.5. The van der Waals surface area contributed by atoms with Gasteiger partial charge in [0, 0.05) is 17.6 Å². The van der Waals surface area contributed by atoms with Gasteiger partial charge in [-0.25, -0.2) is 13.1 Å². The van der Waals surface area contributed by atoms with Gasteiger partial charge in [-0.3, -0.25) is 0 Å². The van der Waals surface area contributed by atoms with Gasteiger partial charge in [-0.1, -0.05) is 23.7 Å². The molecule has 1 aliphatic rings. The Morgan fingerprint density at radius 1 is 1.16 bits per heavy atom. The van der Waals surface area contributed by atoms with Gasteiger partial charge < -0.3 is 14.4 Å². The Bertz CT molecular complexity index is 871. The summed E-state index contributed by atoms with van der Waals surface area (Å²) in [5.41, 5.74) is 0.933. The van der Waals surface area contributed by atoms with E-state index in [1.54, 1.807) is 12.1 Å². The minimum absolute atomic E-state index is 0.142. The van der Waals surface area contributed by atoms with Crippen molar-refractivity contribution in [2.75, 3.05) is 27.4 Å². The Kier molecular flexibility index (Phi) is 5.19. The Morgan fingerprint density at radius 3 is 2.64 bits per heavy atom. The van der Waals surface area contributed by atoms with Gasteiger partial charge in [-0.15, -0.1) is 0 Å². The van der Waals surface area contributed by atoms with Crippen LogP contribution >= 0.6 is 11.6 Å². The van der Waals surface area contributed by atoms with Crippen LogP contribution in [-0.4, -0.2) is 40.8 Å². The summed E-state index contributed by atoms with van der Waals surface area (Å²) in [6.45, 7) is 0.411. The van der Waals surface area contributed by atoms with Gasteiger partial charge in [-0.2, -0.15) is 0 Å². The molecule has 0 spiro atoms. The summed E-state index contributed by atoms with van der Waals surface area (Å²) in [4.78, 5) is 2.08. The van der Waals surface area contributed by atoms with Gasteiger partial charge >= 0.3 is 0 Å². The van der Waals surface area contributed by atoms with Crippen LogP contribution in [0.15, 0.2) is 47.4 Å². The number of nitrogens with one attached hydrogen (secondary N) is 1. The molecule has 1 atom stereocenters. The monoisotopic (exact) mass is 382 g/mol. The third kappa shape index (κ3) is 4.07. The number of rotatable bonds is 6. The molecule has 0 saturated heterocycles. The van der Waals surface area contributed by atoms with Crippen molar-refractivity contribution in [1.29, 1.82) is 0 Å². The van der Waals surface area contributed by atoms with Crippen LogP contribution in [0.2, 0.25) is 5.02 Å². The molecule has 1 N–H and O–H groups in total. The Hall–Kier alpha value is -1.80. The molecule has 0 fully saturated rings. The topological polar surface area (TPSA) is 67.9 Å². The second-order valence-corrected chi connectivity index (χ2v) is 8.10. The first-order valence-electron chi connectivity index (χ1n) is 7.68. The first-order valence-corrected chi connectivity index (χ1v) is 9.54. The number of likely N-dealkylation sites (N-methyl/N-ethyl adjacent to an activating group) is 1.